The van der Waals surface area contributed by atoms with E-state index in [0.717, 1.165) is 74.9 Å². The molecule has 2 amide bonds. The van der Waals surface area contributed by atoms with E-state index in [0.29, 0.717) is 10.6 Å². The molecule has 6 nitrogen and oxygen atoms in total. The van der Waals surface area contributed by atoms with Crippen molar-refractivity contribution < 1.29 is 19.1 Å². The molecular formula is C20H28N2O4S. The minimum absolute atomic E-state index is 0.129. The SMILES string of the molecule is CC(=O)Nc1sc2c(c1C(=O)OC(C)C(=O)N1CCCCCC1)CCCC2. The van der Waals surface area contributed by atoms with Gasteiger partial charge in [0.2, 0.25) is 5.91 Å². The maximum Gasteiger partial charge on any atom is 0.342 e. The zero-order chi connectivity index (χ0) is 19.4. The first-order chi connectivity index (χ1) is 13.0. The smallest absolute Gasteiger partial charge is 0.342 e. The van der Waals surface area contributed by atoms with E-state index >= 15 is 0 Å². The second-order valence-electron chi connectivity index (χ2n) is 7.38. The second-order valence-corrected chi connectivity index (χ2v) is 8.49. The van der Waals surface area contributed by atoms with Crippen LogP contribution in [0.2, 0.25) is 0 Å². The number of carbonyl (C=O) groups excluding carboxylic acids is 3. The fourth-order valence-corrected chi connectivity index (χ4v) is 5.17. The van der Waals surface area contributed by atoms with E-state index in [2.05, 4.69) is 5.32 Å². The van der Waals surface area contributed by atoms with Crippen LogP contribution in [0.5, 0.6) is 0 Å². The molecule has 1 aromatic heterocycles. The second kappa shape index (κ2) is 8.87. The molecule has 1 unspecified atom stereocenters. The van der Waals surface area contributed by atoms with Gasteiger partial charge in [0.25, 0.3) is 5.91 Å². The number of likely N-dealkylation sites (tertiary alicyclic amines) is 1. The average molecular weight is 393 g/mol. The summed E-state index contributed by atoms with van der Waals surface area (Å²) in [5.74, 6) is -0.847. The Kier molecular flexibility index (Phi) is 6.52. The molecule has 1 N–H and O–H groups in total. The zero-order valence-corrected chi connectivity index (χ0v) is 17.0. The molecule has 7 heteroatoms. The summed E-state index contributed by atoms with van der Waals surface area (Å²) in [6.07, 6.45) is 7.29. The van der Waals surface area contributed by atoms with Crippen LogP contribution in [0.3, 0.4) is 0 Å². The maximum absolute atomic E-state index is 12.9. The number of esters is 1. The van der Waals surface area contributed by atoms with Gasteiger partial charge in [-0.15, -0.1) is 11.3 Å². The summed E-state index contributed by atoms with van der Waals surface area (Å²) < 4.78 is 5.56. The van der Waals surface area contributed by atoms with Crippen LogP contribution in [0.25, 0.3) is 0 Å². The van der Waals surface area contributed by atoms with Crippen molar-refractivity contribution >= 4 is 34.1 Å². The van der Waals surface area contributed by atoms with Gasteiger partial charge in [0.15, 0.2) is 6.10 Å². The fourth-order valence-electron chi connectivity index (χ4n) is 3.85. The Labute approximate surface area is 164 Å². The maximum atomic E-state index is 12.9. The minimum Gasteiger partial charge on any atom is -0.449 e. The summed E-state index contributed by atoms with van der Waals surface area (Å²) in [5, 5.41) is 3.32. The number of ether oxygens (including phenoxy) is 1. The molecule has 1 aliphatic carbocycles. The molecule has 1 aromatic rings. The molecule has 148 valence electrons. The van der Waals surface area contributed by atoms with Gasteiger partial charge in [-0.05, 0) is 51.0 Å². The molecule has 2 aliphatic rings. The highest BCUT2D eigenvalue weighted by Crippen LogP contribution is 2.38. The topological polar surface area (TPSA) is 75.7 Å². The number of hydrogen-bond donors (Lipinski definition) is 1. The lowest BCUT2D eigenvalue weighted by Gasteiger charge is -2.24. The highest BCUT2D eigenvalue weighted by Gasteiger charge is 2.30. The molecule has 0 saturated carbocycles. The summed E-state index contributed by atoms with van der Waals surface area (Å²) in [5.41, 5.74) is 1.43. The van der Waals surface area contributed by atoms with Crippen molar-refractivity contribution in [2.24, 2.45) is 0 Å². The molecule has 0 bridgehead atoms. The standard InChI is InChI=1S/C20H28N2O4S/c1-13(19(24)22-11-7-3-4-8-12-22)26-20(25)17-15-9-5-6-10-16(15)27-18(17)21-14(2)23/h13H,3-12H2,1-2H3,(H,21,23). The van der Waals surface area contributed by atoms with Gasteiger partial charge in [-0.25, -0.2) is 4.79 Å². The Bertz CT molecular complexity index is 720. The predicted molar refractivity (Wildman–Crippen MR) is 105 cm³/mol. The van der Waals surface area contributed by atoms with E-state index in [-0.39, 0.29) is 11.8 Å². The van der Waals surface area contributed by atoms with E-state index in [9.17, 15) is 14.4 Å². The van der Waals surface area contributed by atoms with Gasteiger partial charge in [0, 0.05) is 24.9 Å². The van der Waals surface area contributed by atoms with E-state index in [1.165, 1.54) is 18.3 Å². The van der Waals surface area contributed by atoms with Gasteiger partial charge in [-0.2, -0.15) is 0 Å². The summed E-state index contributed by atoms with van der Waals surface area (Å²) in [6.45, 7) is 4.53. The van der Waals surface area contributed by atoms with E-state index in [1.807, 2.05) is 4.90 Å². The monoisotopic (exact) mass is 392 g/mol. The van der Waals surface area contributed by atoms with E-state index in [4.69, 9.17) is 4.74 Å². The Hall–Kier alpha value is -1.89. The molecule has 1 fully saturated rings. The molecule has 3 rings (SSSR count). The largest absolute Gasteiger partial charge is 0.449 e. The van der Waals surface area contributed by atoms with Gasteiger partial charge < -0.3 is 15.0 Å². The van der Waals surface area contributed by atoms with Crippen molar-refractivity contribution in [1.29, 1.82) is 0 Å². The summed E-state index contributed by atoms with van der Waals surface area (Å²) in [4.78, 5) is 40.1. The van der Waals surface area contributed by atoms with Gasteiger partial charge in [0.1, 0.15) is 5.00 Å². The lowest BCUT2D eigenvalue weighted by molar-refractivity contribution is -0.139. The molecule has 1 aliphatic heterocycles. The molecule has 0 spiro atoms. The number of carbonyl (C=O) groups is 3. The number of nitrogens with zero attached hydrogens (tertiary/aromatic N) is 1. The third-order valence-corrected chi connectivity index (χ3v) is 6.42. The molecule has 27 heavy (non-hydrogen) atoms. The van der Waals surface area contributed by atoms with Crippen molar-refractivity contribution in [3.63, 3.8) is 0 Å². The predicted octanol–water partition coefficient (Wildman–Crippen LogP) is 3.53. The summed E-state index contributed by atoms with van der Waals surface area (Å²) >= 11 is 1.46. The first-order valence-electron chi connectivity index (χ1n) is 9.89. The molecule has 0 aromatic carbocycles. The Balaban J connectivity index is 1.75. The molecule has 2 heterocycles. The van der Waals surface area contributed by atoms with Gasteiger partial charge in [0.05, 0.1) is 5.56 Å². The van der Waals surface area contributed by atoms with Crippen LogP contribution < -0.4 is 5.32 Å². The Morgan fingerprint density at radius 3 is 2.37 bits per heavy atom. The first kappa shape index (κ1) is 19.9. The first-order valence-corrected chi connectivity index (χ1v) is 10.7. The number of amides is 2. The van der Waals surface area contributed by atoms with Gasteiger partial charge in [-0.1, -0.05) is 12.8 Å². The third kappa shape index (κ3) is 4.69. The number of hydrogen-bond acceptors (Lipinski definition) is 5. The molecule has 1 atom stereocenters. The zero-order valence-electron chi connectivity index (χ0n) is 16.1. The van der Waals surface area contributed by atoms with Crippen LogP contribution in [0.15, 0.2) is 0 Å². The van der Waals surface area contributed by atoms with Crippen LogP contribution in [0.1, 0.15) is 73.2 Å². The van der Waals surface area contributed by atoms with Crippen molar-refractivity contribution in [3.05, 3.63) is 16.0 Å². The number of nitrogens with one attached hydrogen (secondary N) is 1. The van der Waals surface area contributed by atoms with Crippen molar-refractivity contribution in [1.82, 2.24) is 4.90 Å². The molecule has 0 radical (unpaired) electrons. The Morgan fingerprint density at radius 1 is 1.04 bits per heavy atom. The number of aryl methyl sites for hydroxylation is 1. The normalized spacial score (nSPS) is 18.2. The Morgan fingerprint density at radius 2 is 1.70 bits per heavy atom. The fraction of sp³-hybridized carbons (Fsp3) is 0.650. The summed E-state index contributed by atoms with van der Waals surface area (Å²) in [6, 6.07) is 0. The lowest BCUT2D eigenvalue weighted by atomic mass is 9.95. The lowest BCUT2D eigenvalue weighted by Crippen LogP contribution is -2.40. The number of thiophene rings is 1. The van der Waals surface area contributed by atoms with Crippen molar-refractivity contribution in [2.75, 3.05) is 18.4 Å². The van der Waals surface area contributed by atoms with Crippen LogP contribution in [-0.2, 0) is 27.2 Å². The van der Waals surface area contributed by atoms with Crippen LogP contribution >= 0.6 is 11.3 Å². The molecular weight excluding hydrogens is 364 g/mol. The van der Waals surface area contributed by atoms with Crippen molar-refractivity contribution in [2.45, 2.75) is 71.3 Å². The van der Waals surface area contributed by atoms with E-state index in [1.54, 1.807) is 6.92 Å². The van der Waals surface area contributed by atoms with E-state index < -0.39 is 12.1 Å². The highest BCUT2D eigenvalue weighted by atomic mass is 32.1. The van der Waals surface area contributed by atoms with Crippen molar-refractivity contribution in [3.8, 4) is 0 Å². The van der Waals surface area contributed by atoms with Crippen LogP contribution in [0.4, 0.5) is 5.00 Å². The van der Waals surface area contributed by atoms with Crippen LogP contribution in [-0.4, -0.2) is 41.9 Å². The average Bonchev–Trinajstić information content (AvgIpc) is 2.80. The number of fused-ring (bicyclic) bond motifs is 1. The third-order valence-electron chi connectivity index (χ3n) is 5.21. The number of anilines is 1. The quantitative estimate of drug-likeness (QED) is 0.796. The minimum atomic E-state index is -0.820. The highest BCUT2D eigenvalue weighted by molar-refractivity contribution is 7.17. The van der Waals surface area contributed by atoms with Gasteiger partial charge >= 0.3 is 5.97 Å². The summed E-state index contributed by atoms with van der Waals surface area (Å²) in [7, 11) is 0. The molecule has 1 saturated heterocycles. The number of rotatable bonds is 4. The van der Waals surface area contributed by atoms with Gasteiger partial charge in [-0.3, -0.25) is 9.59 Å². The van der Waals surface area contributed by atoms with Crippen LogP contribution in [0, 0.1) is 0 Å².